The normalized spacial score (nSPS) is 41.8. The van der Waals surface area contributed by atoms with Crippen molar-refractivity contribution in [2.45, 2.75) is 46.6 Å². The van der Waals surface area contributed by atoms with Crippen molar-refractivity contribution < 1.29 is 4.74 Å². The Hall–Kier alpha value is -0.980. The Kier molecular flexibility index (Phi) is 3.21. The fraction of sp³-hybridized carbons (Fsp3) is 0.647. The first-order valence-corrected chi connectivity index (χ1v) is 6.93. The molecule has 1 nitrogen and oxygen atoms in total. The Balaban J connectivity index is 2.16. The Labute approximate surface area is 112 Å². The van der Waals surface area contributed by atoms with Gasteiger partial charge in [0.1, 0.15) is 11.9 Å². The summed E-state index contributed by atoms with van der Waals surface area (Å²) in [6.07, 6.45) is 2.77. The summed E-state index contributed by atoms with van der Waals surface area (Å²) in [4.78, 5) is 0. The van der Waals surface area contributed by atoms with Crippen LogP contribution in [0.5, 0.6) is 0 Å². The SMILES string of the molecule is C=C(C)C(=C)OC1C(C)C2CC1(C)CC2C(=C)C. The second-order valence-electron chi connectivity index (χ2n) is 6.78. The first-order chi connectivity index (χ1) is 8.26. The minimum absolute atomic E-state index is 0.284. The molecule has 2 saturated carbocycles. The summed E-state index contributed by atoms with van der Waals surface area (Å²) in [5, 5.41) is 0. The fourth-order valence-corrected chi connectivity index (χ4v) is 4.10. The minimum atomic E-state index is 0.284. The highest BCUT2D eigenvalue weighted by Crippen LogP contribution is 2.62. The van der Waals surface area contributed by atoms with E-state index in [2.05, 4.69) is 40.5 Å². The summed E-state index contributed by atoms with van der Waals surface area (Å²) >= 11 is 0. The van der Waals surface area contributed by atoms with Gasteiger partial charge in [-0.3, -0.25) is 0 Å². The van der Waals surface area contributed by atoms with E-state index >= 15 is 0 Å². The molecule has 1 heteroatoms. The molecule has 18 heavy (non-hydrogen) atoms. The minimum Gasteiger partial charge on any atom is -0.490 e. The zero-order chi connectivity index (χ0) is 13.7. The number of hydrogen-bond donors (Lipinski definition) is 0. The van der Waals surface area contributed by atoms with Gasteiger partial charge in [-0.25, -0.2) is 0 Å². The fourth-order valence-electron chi connectivity index (χ4n) is 4.10. The molecule has 2 fully saturated rings. The van der Waals surface area contributed by atoms with Gasteiger partial charge in [0.15, 0.2) is 0 Å². The van der Waals surface area contributed by atoms with Gasteiger partial charge in [0.05, 0.1) is 0 Å². The lowest BCUT2D eigenvalue weighted by Crippen LogP contribution is -2.38. The first kappa shape index (κ1) is 13.5. The number of hydrogen-bond acceptors (Lipinski definition) is 1. The van der Waals surface area contributed by atoms with Crippen molar-refractivity contribution in [2.75, 3.05) is 0 Å². The summed E-state index contributed by atoms with van der Waals surface area (Å²) in [5.74, 6) is 2.76. The number of allylic oxidation sites excluding steroid dienone is 2. The Morgan fingerprint density at radius 1 is 1.17 bits per heavy atom. The molecule has 0 saturated heterocycles. The molecule has 5 unspecified atom stereocenters. The van der Waals surface area contributed by atoms with Gasteiger partial charge in [-0.1, -0.05) is 39.2 Å². The van der Waals surface area contributed by atoms with Crippen LogP contribution in [0.25, 0.3) is 0 Å². The van der Waals surface area contributed by atoms with Gasteiger partial charge in [-0.2, -0.15) is 0 Å². The lowest BCUT2D eigenvalue weighted by atomic mass is 9.72. The second kappa shape index (κ2) is 4.29. The molecule has 0 amide bonds. The van der Waals surface area contributed by atoms with E-state index in [-0.39, 0.29) is 5.41 Å². The maximum absolute atomic E-state index is 6.13. The van der Waals surface area contributed by atoms with Crippen LogP contribution in [0.4, 0.5) is 0 Å². The summed E-state index contributed by atoms with van der Waals surface area (Å²) in [6.45, 7) is 20.9. The van der Waals surface area contributed by atoms with Crippen LogP contribution >= 0.6 is 0 Å². The molecule has 2 rings (SSSR count). The van der Waals surface area contributed by atoms with Crippen molar-refractivity contribution in [1.29, 1.82) is 0 Å². The van der Waals surface area contributed by atoms with Gasteiger partial charge in [-0.05, 0) is 50.0 Å². The van der Waals surface area contributed by atoms with E-state index in [0.29, 0.717) is 17.9 Å². The molecule has 2 aliphatic carbocycles. The van der Waals surface area contributed by atoms with E-state index in [1.54, 1.807) is 0 Å². The van der Waals surface area contributed by atoms with Crippen molar-refractivity contribution in [3.05, 3.63) is 36.6 Å². The quantitative estimate of drug-likeness (QED) is 0.396. The zero-order valence-electron chi connectivity index (χ0n) is 12.3. The standard InChI is InChI=1S/C17H26O/c1-10(2)13(6)18-16-12(5)15-9-17(16,7)8-14(15)11(3)4/h12,14-16H,1,3,6,8-9H2,2,4-5,7H3. The van der Waals surface area contributed by atoms with E-state index in [1.807, 2.05) is 6.92 Å². The van der Waals surface area contributed by atoms with Crippen LogP contribution in [-0.4, -0.2) is 6.10 Å². The summed E-state index contributed by atoms with van der Waals surface area (Å²) in [6, 6.07) is 0. The summed E-state index contributed by atoms with van der Waals surface area (Å²) in [7, 11) is 0. The lowest BCUT2D eigenvalue weighted by Gasteiger charge is -2.39. The third-order valence-corrected chi connectivity index (χ3v) is 5.12. The van der Waals surface area contributed by atoms with Gasteiger partial charge < -0.3 is 4.74 Å². The smallest absolute Gasteiger partial charge is 0.114 e. The monoisotopic (exact) mass is 246 g/mol. The molecule has 0 aliphatic heterocycles. The molecule has 0 N–H and O–H groups in total. The maximum Gasteiger partial charge on any atom is 0.114 e. The highest BCUT2D eigenvalue weighted by molar-refractivity contribution is 5.20. The average Bonchev–Trinajstić information content (AvgIpc) is 2.73. The van der Waals surface area contributed by atoms with Crippen molar-refractivity contribution >= 4 is 0 Å². The lowest BCUT2D eigenvalue weighted by molar-refractivity contribution is -0.0181. The number of rotatable bonds is 4. The second-order valence-corrected chi connectivity index (χ2v) is 6.78. The Morgan fingerprint density at radius 2 is 1.78 bits per heavy atom. The zero-order valence-corrected chi connectivity index (χ0v) is 12.3. The largest absolute Gasteiger partial charge is 0.490 e. The van der Waals surface area contributed by atoms with Gasteiger partial charge >= 0.3 is 0 Å². The van der Waals surface area contributed by atoms with Crippen LogP contribution in [0.3, 0.4) is 0 Å². The van der Waals surface area contributed by atoms with E-state index in [4.69, 9.17) is 4.74 Å². The van der Waals surface area contributed by atoms with Crippen LogP contribution in [-0.2, 0) is 4.74 Å². The molecule has 2 aliphatic rings. The van der Waals surface area contributed by atoms with Crippen molar-refractivity contribution in [1.82, 2.24) is 0 Å². The average molecular weight is 246 g/mol. The highest BCUT2D eigenvalue weighted by Gasteiger charge is 2.59. The molecule has 0 aromatic rings. The third kappa shape index (κ3) is 1.94. The molecular weight excluding hydrogens is 220 g/mol. The molecule has 0 aromatic heterocycles. The summed E-state index contributed by atoms with van der Waals surface area (Å²) < 4.78 is 6.13. The molecule has 0 aromatic carbocycles. The van der Waals surface area contributed by atoms with E-state index in [1.165, 1.54) is 18.4 Å². The maximum atomic E-state index is 6.13. The first-order valence-electron chi connectivity index (χ1n) is 6.93. The third-order valence-electron chi connectivity index (χ3n) is 5.12. The van der Waals surface area contributed by atoms with Gasteiger partial charge in [0, 0.05) is 5.41 Å². The van der Waals surface area contributed by atoms with Gasteiger partial charge in [0.25, 0.3) is 0 Å². The van der Waals surface area contributed by atoms with Crippen molar-refractivity contribution in [3.8, 4) is 0 Å². The Morgan fingerprint density at radius 3 is 2.22 bits per heavy atom. The van der Waals surface area contributed by atoms with E-state index in [9.17, 15) is 0 Å². The van der Waals surface area contributed by atoms with Gasteiger partial charge in [0.2, 0.25) is 0 Å². The van der Waals surface area contributed by atoms with Crippen molar-refractivity contribution in [3.63, 3.8) is 0 Å². The van der Waals surface area contributed by atoms with Gasteiger partial charge in [-0.15, -0.1) is 0 Å². The van der Waals surface area contributed by atoms with Crippen LogP contribution in [0.2, 0.25) is 0 Å². The highest BCUT2D eigenvalue weighted by atomic mass is 16.5. The molecular formula is C17H26O. The van der Waals surface area contributed by atoms with Crippen LogP contribution < -0.4 is 0 Å². The van der Waals surface area contributed by atoms with E-state index in [0.717, 1.165) is 17.3 Å². The number of ether oxygens (including phenoxy) is 1. The molecule has 5 atom stereocenters. The molecule has 0 radical (unpaired) electrons. The topological polar surface area (TPSA) is 9.23 Å². The van der Waals surface area contributed by atoms with Crippen LogP contribution in [0.1, 0.15) is 40.5 Å². The predicted octanol–water partition coefficient (Wildman–Crippen LogP) is 4.72. The number of fused-ring (bicyclic) bond motifs is 2. The van der Waals surface area contributed by atoms with E-state index < -0.39 is 0 Å². The summed E-state index contributed by atoms with van der Waals surface area (Å²) in [5.41, 5.74) is 2.56. The Bertz CT molecular complexity index is 406. The predicted molar refractivity (Wildman–Crippen MR) is 77.1 cm³/mol. The van der Waals surface area contributed by atoms with Crippen molar-refractivity contribution in [2.24, 2.45) is 23.2 Å². The van der Waals surface area contributed by atoms with Crippen LogP contribution in [0, 0.1) is 23.2 Å². The molecule has 100 valence electrons. The molecule has 0 heterocycles. The van der Waals surface area contributed by atoms with Crippen LogP contribution in [0.15, 0.2) is 36.6 Å². The molecule has 0 spiro atoms. The molecule has 2 bridgehead atoms.